The van der Waals surface area contributed by atoms with Gasteiger partial charge >= 0.3 is 0 Å². The van der Waals surface area contributed by atoms with E-state index < -0.39 is 0 Å². The van der Waals surface area contributed by atoms with Crippen molar-refractivity contribution < 1.29 is 4.79 Å². The number of carbonyl (C=O) groups is 1. The number of carbonyl (C=O) groups excluding carboxylic acids is 1. The predicted molar refractivity (Wildman–Crippen MR) is 49.4 cm³/mol. The Morgan fingerprint density at radius 1 is 1.62 bits per heavy atom. The summed E-state index contributed by atoms with van der Waals surface area (Å²) in [6.07, 6.45) is 4.83. The number of anilines is 1. The third-order valence-corrected chi connectivity index (χ3v) is 1.86. The van der Waals surface area contributed by atoms with Crippen molar-refractivity contribution in [3.8, 4) is 0 Å². The van der Waals surface area contributed by atoms with Crippen LogP contribution in [-0.4, -0.2) is 15.7 Å². The molecule has 2 heterocycles. The molecule has 0 fully saturated rings. The Kier molecular flexibility index (Phi) is 1.73. The van der Waals surface area contributed by atoms with E-state index in [2.05, 4.69) is 4.98 Å². The monoisotopic (exact) mass is 175 g/mol. The van der Waals surface area contributed by atoms with Gasteiger partial charge in [-0.3, -0.25) is 0 Å². The van der Waals surface area contributed by atoms with Gasteiger partial charge in [0.2, 0.25) is 0 Å². The molecular weight excluding hydrogens is 166 g/mol. The molecule has 0 atom stereocenters. The number of hydrogen-bond acceptors (Lipinski definition) is 3. The molecule has 2 aromatic rings. The van der Waals surface area contributed by atoms with E-state index in [4.69, 9.17) is 5.73 Å². The number of rotatable bonds is 2. The third-order valence-electron chi connectivity index (χ3n) is 1.86. The van der Waals surface area contributed by atoms with Crippen molar-refractivity contribution >= 4 is 17.6 Å². The summed E-state index contributed by atoms with van der Waals surface area (Å²) in [7, 11) is 0. The maximum absolute atomic E-state index is 10.3. The summed E-state index contributed by atoms with van der Waals surface area (Å²) < 4.78 is 1.81. The first kappa shape index (κ1) is 7.79. The van der Waals surface area contributed by atoms with E-state index in [1.165, 1.54) is 0 Å². The highest BCUT2D eigenvalue weighted by Crippen LogP contribution is 2.12. The van der Waals surface area contributed by atoms with E-state index >= 15 is 0 Å². The smallest absolute Gasteiger partial charge is 0.160 e. The highest BCUT2D eigenvalue weighted by Gasteiger charge is 2.02. The van der Waals surface area contributed by atoms with Gasteiger partial charge in [-0.2, -0.15) is 0 Å². The minimum atomic E-state index is 0.334. The SMILES string of the molecule is Nc1cccn2cc(CC=O)nc12. The maximum Gasteiger partial charge on any atom is 0.160 e. The summed E-state index contributed by atoms with van der Waals surface area (Å²) in [5.41, 5.74) is 7.77. The van der Waals surface area contributed by atoms with Crippen molar-refractivity contribution in [2.24, 2.45) is 0 Å². The van der Waals surface area contributed by atoms with Gasteiger partial charge in [-0.15, -0.1) is 0 Å². The molecule has 0 unspecified atom stereocenters. The molecule has 13 heavy (non-hydrogen) atoms. The Balaban J connectivity index is 2.61. The lowest BCUT2D eigenvalue weighted by molar-refractivity contribution is -0.107. The van der Waals surface area contributed by atoms with E-state index in [-0.39, 0.29) is 0 Å². The Hall–Kier alpha value is -1.84. The maximum atomic E-state index is 10.3. The van der Waals surface area contributed by atoms with Gasteiger partial charge in [-0.25, -0.2) is 4.98 Å². The lowest BCUT2D eigenvalue weighted by Gasteiger charge is -1.94. The summed E-state index contributed by atoms with van der Waals surface area (Å²) in [5.74, 6) is 0. The predicted octanol–water partition coefficient (Wildman–Crippen LogP) is 0.658. The van der Waals surface area contributed by atoms with Gasteiger partial charge in [-0.1, -0.05) is 0 Å². The standard InChI is InChI=1S/C9H9N3O/c10-8-2-1-4-12-6-7(3-5-13)11-9(8)12/h1-2,4-6H,3,10H2. The lowest BCUT2D eigenvalue weighted by Crippen LogP contribution is -1.90. The Morgan fingerprint density at radius 2 is 2.46 bits per heavy atom. The molecule has 2 aromatic heterocycles. The van der Waals surface area contributed by atoms with E-state index in [1.807, 2.05) is 16.7 Å². The highest BCUT2D eigenvalue weighted by molar-refractivity contribution is 5.65. The van der Waals surface area contributed by atoms with Gasteiger partial charge < -0.3 is 14.9 Å². The topological polar surface area (TPSA) is 60.4 Å². The molecule has 0 aliphatic carbocycles. The molecule has 0 spiro atoms. The Morgan fingerprint density at radius 3 is 3.15 bits per heavy atom. The van der Waals surface area contributed by atoms with Crippen LogP contribution in [0.1, 0.15) is 5.69 Å². The van der Waals surface area contributed by atoms with Crippen LogP contribution in [0, 0.1) is 0 Å². The zero-order valence-corrected chi connectivity index (χ0v) is 6.97. The largest absolute Gasteiger partial charge is 0.396 e. The van der Waals surface area contributed by atoms with Crippen LogP contribution in [0.25, 0.3) is 5.65 Å². The van der Waals surface area contributed by atoms with Crippen LogP contribution in [0.4, 0.5) is 5.69 Å². The normalized spacial score (nSPS) is 10.5. The minimum Gasteiger partial charge on any atom is -0.396 e. The number of nitrogens with zero attached hydrogens (tertiary/aromatic N) is 2. The molecule has 2 N–H and O–H groups in total. The molecule has 4 nitrogen and oxygen atoms in total. The number of aldehydes is 1. The van der Waals surface area contributed by atoms with Crippen LogP contribution in [-0.2, 0) is 11.2 Å². The second kappa shape index (κ2) is 2.90. The number of imidazole rings is 1. The Bertz CT molecular complexity index is 447. The van der Waals surface area contributed by atoms with Crippen LogP contribution in [0.2, 0.25) is 0 Å². The summed E-state index contributed by atoms with van der Waals surface area (Å²) >= 11 is 0. The zero-order valence-electron chi connectivity index (χ0n) is 6.97. The number of hydrogen-bond donors (Lipinski definition) is 1. The summed E-state index contributed by atoms with van der Waals surface area (Å²) in [4.78, 5) is 14.5. The molecule has 0 bridgehead atoms. The lowest BCUT2D eigenvalue weighted by atomic mass is 10.4. The second-order valence-corrected chi connectivity index (χ2v) is 2.80. The fraction of sp³-hybridized carbons (Fsp3) is 0.111. The van der Waals surface area contributed by atoms with Crippen molar-refractivity contribution in [2.75, 3.05) is 5.73 Å². The van der Waals surface area contributed by atoms with Crippen molar-refractivity contribution in [1.29, 1.82) is 0 Å². The number of aromatic nitrogens is 2. The summed E-state index contributed by atoms with van der Waals surface area (Å²) in [6, 6.07) is 3.63. The first-order valence-corrected chi connectivity index (χ1v) is 3.97. The van der Waals surface area contributed by atoms with Crippen molar-refractivity contribution in [1.82, 2.24) is 9.38 Å². The van der Waals surface area contributed by atoms with Crippen molar-refractivity contribution in [3.63, 3.8) is 0 Å². The van der Waals surface area contributed by atoms with Crippen LogP contribution in [0.5, 0.6) is 0 Å². The van der Waals surface area contributed by atoms with Gasteiger partial charge in [0.15, 0.2) is 5.65 Å². The van der Waals surface area contributed by atoms with Gasteiger partial charge in [0.25, 0.3) is 0 Å². The van der Waals surface area contributed by atoms with Crippen molar-refractivity contribution in [3.05, 3.63) is 30.2 Å². The molecule has 0 aliphatic rings. The summed E-state index contributed by atoms with van der Waals surface area (Å²) in [6.45, 7) is 0. The van der Waals surface area contributed by atoms with Gasteiger partial charge in [0.05, 0.1) is 11.4 Å². The highest BCUT2D eigenvalue weighted by atomic mass is 16.1. The average molecular weight is 175 g/mol. The van der Waals surface area contributed by atoms with Gasteiger partial charge in [0, 0.05) is 18.8 Å². The van der Waals surface area contributed by atoms with E-state index in [9.17, 15) is 4.79 Å². The second-order valence-electron chi connectivity index (χ2n) is 2.80. The quantitative estimate of drug-likeness (QED) is 0.682. The molecule has 0 saturated heterocycles. The third kappa shape index (κ3) is 1.26. The summed E-state index contributed by atoms with van der Waals surface area (Å²) in [5, 5.41) is 0. The Labute approximate surface area is 75.0 Å². The number of nitrogens with two attached hydrogens (primary N) is 1. The molecule has 0 aliphatic heterocycles. The molecule has 66 valence electrons. The fourth-order valence-electron chi connectivity index (χ4n) is 1.27. The fourth-order valence-corrected chi connectivity index (χ4v) is 1.27. The molecule has 0 amide bonds. The number of pyridine rings is 1. The van der Waals surface area contributed by atoms with Gasteiger partial charge in [0.1, 0.15) is 6.29 Å². The molecule has 0 radical (unpaired) electrons. The average Bonchev–Trinajstić information content (AvgIpc) is 2.49. The van der Waals surface area contributed by atoms with Crippen LogP contribution < -0.4 is 5.73 Å². The molecular formula is C9H9N3O. The molecule has 4 heteroatoms. The first-order valence-electron chi connectivity index (χ1n) is 3.97. The van der Waals surface area contributed by atoms with Crippen LogP contribution in [0.15, 0.2) is 24.5 Å². The van der Waals surface area contributed by atoms with E-state index in [0.717, 1.165) is 12.0 Å². The molecule has 2 rings (SSSR count). The number of nitrogen functional groups attached to an aromatic ring is 1. The first-order chi connectivity index (χ1) is 6.31. The van der Waals surface area contributed by atoms with Crippen molar-refractivity contribution in [2.45, 2.75) is 6.42 Å². The van der Waals surface area contributed by atoms with E-state index in [1.54, 1.807) is 12.3 Å². The minimum absolute atomic E-state index is 0.334. The van der Waals surface area contributed by atoms with E-state index in [0.29, 0.717) is 17.8 Å². The molecule has 0 saturated carbocycles. The van der Waals surface area contributed by atoms with Crippen LogP contribution >= 0.6 is 0 Å². The van der Waals surface area contributed by atoms with Crippen LogP contribution in [0.3, 0.4) is 0 Å². The zero-order chi connectivity index (χ0) is 9.26. The van der Waals surface area contributed by atoms with Gasteiger partial charge in [-0.05, 0) is 12.1 Å². The molecule has 0 aromatic carbocycles. The number of fused-ring (bicyclic) bond motifs is 1.